The van der Waals surface area contributed by atoms with Crippen LogP contribution in [0.4, 0.5) is 5.69 Å². The molecule has 0 saturated heterocycles. The normalized spacial score (nSPS) is 12.7. The van der Waals surface area contributed by atoms with Gasteiger partial charge in [0, 0.05) is 17.5 Å². The van der Waals surface area contributed by atoms with Crippen LogP contribution in [0.3, 0.4) is 0 Å². The number of rotatable bonds is 9. The molecule has 3 aromatic rings. The van der Waals surface area contributed by atoms with E-state index < -0.39 is 34.1 Å². The Bertz CT molecular complexity index is 1360. The SMILES string of the molecule is CCC(C(=O)NC(C)(C)C)N(Cc1ccc(C)cc1)C(=O)CN(c1cccc2ccccc12)S(C)(=O)=O. The summed E-state index contributed by atoms with van der Waals surface area (Å²) in [5, 5.41) is 4.57. The van der Waals surface area contributed by atoms with Crippen LogP contribution >= 0.6 is 0 Å². The van der Waals surface area contributed by atoms with Crippen molar-refractivity contribution >= 4 is 38.3 Å². The van der Waals surface area contributed by atoms with Crippen LogP contribution in [0.15, 0.2) is 66.7 Å². The molecule has 0 fully saturated rings. The van der Waals surface area contributed by atoms with Crippen LogP contribution in [0.2, 0.25) is 0 Å². The Hall–Kier alpha value is -3.39. The molecule has 198 valence electrons. The van der Waals surface area contributed by atoms with Crippen molar-refractivity contribution in [2.45, 2.75) is 59.2 Å². The number of carbonyl (C=O) groups excluding carboxylic acids is 2. The van der Waals surface area contributed by atoms with E-state index in [4.69, 9.17) is 0 Å². The molecule has 0 aliphatic heterocycles. The van der Waals surface area contributed by atoms with Gasteiger partial charge >= 0.3 is 0 Å². The van der Waals surface area contributed by atoms with Gasteiger partial charge in [-0.1, -0.05) is 73.2 Å². The Morgan fingerprint density at radius 2 is 1.57 bits per heavy atom. The number of aryl methyl sites for hydroxylation is 1. The summed E-state index contributed by atoms with van der Waals surface area (Å²) < 4.78 is 27.1. The van der Waals surface area contributed by atoms with Crippen molar-refractivity contribution in [1.29, 1.82) is 0 Å². The first-order valence-electron chi connectivity index (χ1n) is 12.4. The van der Waals surface area contributed by atoms with E-state index in [0.717, 1.165) is 32.5 Å². The average molecular weight is 524 g/mol. The average Bonchev–Trinajstić information content (AvgIpc) is 2.81. The van der Waals surface area contributed by atoms with Gasteiger partial charge in [0.2, 0.25) is 21.8 Å². The minimum absolute atomic E-state index is 0.183. The van der Waals surface area contributed by atoms with Crippen LogP contribution in [0.25, 0.3) is 10.8 Å². The van der Waals surface area contributed by atoms with Crippen LogP contribution < -0.4 is 9.62 Å². The monoisotopic (exact) mass is 523 g/mol. The van der Waals surface area contributed by atoms with Crippen molar-refractivity contribution in [1.82, 2.24) is 10.2 Å². The molecule has 37 heavy (non-hydrogen) atoms. The molecule has 0 heterocycles. The van der Waals surface area contributed by atoms with E-state index in [0.29, 0.717) is 12.1 Å². The molecule has 0 radical (unpaired) electrons. The molecule has 0 spiro atoms. The van der Waals surface area contributed by atoms with E-state index in [1.54, 1.807) is 12.1 Å². The second-order valence-corrected chi connectivity index (χ2v) is 12.3. The predicted molar refractivity (Wildman–Crippen MR) is 150 cm³/mol. The fraction of sp³-hybridized carbons (Fsp3) is 0.379. The first-order chi connectivity index (χ1) is 17.3. The Labute approximate surface area is 220 Å². The van der Waals surface area contributed by atoms with Gasteiger partial charge in [0.25, 0.3) is 0 Å². The summed E-state index contributed by atoms with van der Waals surface area (Å²) in [6, 6.07) is 19.8. The molecule has 8 heteroatoms. The van der Waals surface area contributed by atoms with E-state index in [-0.39, 0.29) is 12.5 Å². The van der Waals surface area contributed by atoms with E-state index in [1.807, 2.05) is 89.2 Å². The molecule has 0 aliphatic carbocycles. The number of nitrogens with one attached hydrogen (secondary N) is 1. The molecule has 0 saturated carbocycles. The molecule has 0 aromatic heterocycles. The number of hydrogen-bond donors (Lipinski definition) is 1. The maximum Gasteiger partial charge on any atom is 0.244 e. The van der Waals surface area contributed by atoms with Gasteiger partial charge in [0.05, 0.1) is 11.9 Å². The van der Waals surface area contributed by atoms with Crippen molar-refractivity contribution < 1.29 is 18.0 Å². The maximum atomic E-state index is 13.9. The minimum atomic E-state index is -3.81. The fourth-order valence-electron chi connectivity index (χ4n) is 4.28. The Kier molecular flexibility index (Phi) is 8.64. The lowest BCUT2D eigenvalue weighted by Gasteiger charge is -2.34. The van der Waals surface area contributed by atoms with Gasteiger partial charge in [-0.15, -0.1) is 0 Å². The second-order valence-electron chi connectivity index (χ2n) is 10.4. The molecule has 7 nitrogen and oxygen atoms in total. The molecule has 3 aromatic carbocycles. The molecule has 1 N–H and O–H groups in total. The predicted octanol–water partition coefficient (Wildman–Crippen LogP) is 4.64. The van der Waals surface area contributed by atoms with Gasteiger partial charge in [-0.3, -0.25) is 13.9 Å². The third kappa shape index (κ3) is 7.32. The zero-order chi connectivity index (χ0) is 27.4. The summed E-state index contributed by atoms with van der Waals surface area (Å²) in [5.74, 6) is -0.721. The number of sulfonamides is 1. The topological polar surface area (TPSA) is 86.8 Å². The summed E-state index contributed by atoms with van der Waals surface area (Å²) in [6.07, 6.45) is 1.47. The number of nitrogens with zero attached hydrogens (tertiary/aromatic N) is 2. The Morgan fingerprint density at radius 1 is 0.946 bits per heavy atom. The minimum Gasteiger partial charge on any atom is -0.350 e. The number of benzene rings is 3. The van der Waals surface area contributed by atoms with Gasteiger partial charge in [0.1, 0.15) is 12.6 Å². The lowest BCUT2D eigenvalue weighted by molar-refractivity contribution is -0.141. The van der Waals surface area contributed by atoms with E-state index in [1.165, 1.54) is 4.90 Å². The van der Waals surface area contributed by atoms with Gasteiger partial charge in [0.15, 0.2) is 0 Å². The number of anilines is 1. The third-order valence-electron chi connectivity index (χ3n) is 6.07. The molecule has 1 atom stereocenters. The highest BCUT2D eigenvalue weighted by molar-refractivity contribution is 7.92. The van der Waals surface area contributed by atoms with Crippen molar-refractivity contribution in [2.75, 3.05) is 17.1 Å². The van der Waals surface area contributed by atoms with Gasteiger partial charge in [-0.2, -0.15) is 0 Å². The zero-order valence-corrected chi connectivity index (χ0v) is 23.3. The highest BCUT2D eigenvalue weighted by Crippen LogP contribution is 2.29. The van der Waals surface area contributed by atoms with Crippen LogP contribution in [0.1, 0.15) is 45.2 Å². The fourth-order valence-corrected chi connectivity index (χ4v) is 5.14. The molecular formula is C29H37N3O4S. The first-order valence-corrected chi connectivity index (χ1v) is 14.3. The zero-order valence-electron chi connectivity index (χ0n) is 22.5. The number of amides is 2. The first kappa shape index (κ1) is 28.2. The molecule has 3 rings (SSSR count). The third-order valence-corrected chi connectivity index (χ3v) is 7.20. The molecular weight excluding hydrogens is 486 g/mol. The van der Waals surface area contributed by atoms with Crippen LogP contribution in [0.5, 0.6) is 0 Å². The second kappa shape index (κ2) is 11.3. The summed E-state index contributed by atoms with van der Waals surface area (Å²) >= 11 is 0. The van der Waals surface area contributed by atoms with E-state index in [9.17, 15) is 18.0 Å². The van der Waals surface area contributed by atoms with Crippen molar-refractivity contribution in [3.8, 4) is 0 Å². The molecule has 2 amide bonds. The summed E-state index contributed by atoms with van der Waals surface area (Å²) in [4.78, 5) is 28.7. The van der Waals surface area contributed by atoms with Crippen molar-refractivity contribution in [3.05, 3.63) is 77.9 Å². The van der Waals surface area contributed by atoms with Gasteiger partial charge in [-0.25, -0.2) is 8.42 Å². The summed E-state index contributed by atoms with van der Waals surface area (Å²) in [5.41, 5.74) is 1.89. The van der Waals surface area contributed by atoms with Crippen LogP contribution in [-0.4, -0.2) is 49.5 Å². The smallest absolute Gasteiger partial charge is 0.244 e. The molecule has 0 bridgehead atoms. The highest BCUT2D eigenvalue weighted by Gasteiger charge is 2.33. The van der Waals surface area contributed by atoms with Gasteiger partial charge in [-0.05, 0) is 51.1 Å². The van der Waals surface area contributed by atoms with E-state index in [2.05, 4.69) is 5.32 Å². The Morgan fingerprint density at radius 3 is 2.16 bits per heavy atom. The summed E-state index contributed by atoms with van der Waals surface area (Å²) in [6.45, 7) is 9.25. The lowest BCUT2D eigenvalue weighted by Crippen LogP contribution is -2.55. The number of carbonyl (C=O) groups is 2. The lowest BCUT2D eigenvalue weighted by atomic mass is 10.0. The largest absolute Gasteiger partial charge is 0.350 e. The van der Waals surface area contributed by atoms with Crippen LogP contribution in [-0.2, 0) is 26.2 Å². The summed E-state index contributed by atoms with van der Waals surface area (Å²) in [7, 11) is -3.81. The van der Waals surface area contributed by atoms with Crippen LogP contribution in [0, 0.1) is 6.92 Å². The quantitative estimate of drug-likeness (QED) is 0.443. The van der Waals surface area contributed by atoms with Crippen molar-refractivity contribution in [2.24, 2.45) is 0 Å². The number of hydrogen-bond acceptors (Lipinski definition) is 4. The highest BCUT2D eigenvalue weighted by atomic mass is 32.2. The molecule has 0 aliphatic rings. The molecule has 1 unspecified atom stereocenters. The van der Waals surface area contributed by atoms with Crippen molar-refractivity contribution in [3.63, 3.8) is 0 Å². The number of fused-ring (bicyclic) bond motifs is 1. The van der Waals surface area contributed by atoms with Gasteiger partial charge < -0.3 is 10.2 Å². The maximum absolute atomic E-state index is 13.9. The Balaban J connectivity index is 2.03. The van der Waals surface area contributed by atoms with E-state index >= 15 is 0 Å². The standard InChI is InChI=1S/C29H37N3O4S/c1-7-25(28(34)30-29(3,4)5)31(19-22-17-15-21(2)16-18-22)27(33)20-32(37(6,35)36)26-14-10-12-23-11-8-9-13-24(23)26/h8-18,25H,7,19-20H2,1-6H3,(H,30,34).